The van der Waals surface area contributed by atoms with E-state index in [1.54, 1.807) is 19.1 Å². The summed E-state index contributed by atoms with van der Waals surface area (Å²) in [6.07, 6.45) is 0.513. The first-order valence-corrected chi connectivity index (χ1v) is 4.62. The third kappa shape index (κ3) is 2.91. The summed E-state index contributed by atoms with van der Waals surface area (Å²) in [4.78, 5) is 21.0. The maximum Gasteiger partial charge on any atom is 0.330 e. The summed E-state index contributed by atoms with van der Waals surface area (Å²) in [6, 6.07) is 5.96. The van der Waals surface area contributed by atoms with Gasteiger partial charge in [-0.25, -0.2) is 4.79 Å². The molecule has 1 aromatic carbocycles. The molecule has 1 aromatic rings. The van der Waals surface area contributed by atoms with Crippen molar-refractivity contribution < 1.29 is 14.5 Å². The second-order valence-electron chi connectivity index (χ2n) is 3.14. The number of carbonyl (C=O) groups excluding carboxylic acids is 1. The van der Waals surface area contributed by atoms with Crippen molar-refractivity contribution in [2.24, 2.45) is 0 Å². The van der Waals surface area contributed by atoms with Crippen LogP contribution < -0.4 is 0 Å². The van der Waals surface area contributed by atoms with Gasteiger partial charge in [0.2, 0.25) is 0 Å². The summed E-state index contributed by atoms with van der Waals surface area (Å²) in [5, 5.41) is 10.5. The molecule has 0 saturated carbocycles. The van der Waals surface area contributed by atoms with E-state index in [1.165, 1.54) is 12.1 Å². The van der Waals surface area contributed by atoms with Gasteiger partial charge in [0.05, 0.1) is 4.92 Å². The minimum Gasteiger partial charge on any atom is -0.455 e. The third-order valence-electron chi connectivity index (χ3n) is 2.01. The molecule has 0 bridgehead atoms. The van der Waals surface area contributed by atoms with Gasteiger partial charge in [-0.05, 0) is 12.5 Å². The Hall–Kier alpha value is -2.17. The van der Waals surface area contributed by atoms with Crippen LogP contribution in [0.2, 0.25) is 0 Å². The van der Waals surface area contributed by atoms with Gasteiger partial charge in [-0.1, -0.05) is 18.7 Å². The van der Waals surface area contributed by atoms with E-state index in [9.17, 15) is 14.9 Å². The first kappa shape index (κ1) is 11.9. The molecule has 0 N–H and O–H groups in total. The summed E-state index contributed by atoms with van der Waals surface area (Å²) in [5.74, 6) is -0.556. The Morgan fingerprint density at radius 3 is 2.88 bits per heavy atom. The Labute approximate surface area is 92.5 Å². The highest BCUT2D eigenvalue weighted by Gasteiger charge is 2.13. The van der Waals surface area contributed by atoms with Gasteiger partial charge in [-0.15, -0.1) is 0 Å². The normalized spacial score (nSPS) is 11.6. The molecule has 0 aromatic heterocycles. The van der Waals surface area contributed by atoms with E-state index in [1.807, 2.05) is 0 Å². The molecule has 1 unspecified atom stereocenters. The molecule has 0 aliphatic rings. The van der Waals surface area contributed by atoms with Crippen LogP contribution in [0, 0.1) is 10.1 Å². The molecular weight excluding hydrogens is 210 g/mol. The molecule has 0 aliphatic heterocycles. The van der Waals surface area contributed by atoms with Crippen LogP contribution in [0.15, 0.2) is 36.9 Å². The van der Waals surface area contributed by atoms with Gasteiger partial charge >= 0.3 is 5.97 Å². The van der Waals surface area contributed by atoms with Crippen LogP contribution in [0.1, 0.15) is 18.6 Å². The molecule has 0 heterocycles. The molecule has 5 nitrogen and oxygen atoms in total. The number of nitro benzene ring substituents is 1. The fourth-order valence-electron chi connectivity index (χ4n) is 1.18. The van der Waals surface area contributed by atoms with Crippen molar-refractivity contribution in [3.63, 3.8) is 0 Å². The topological polar surface area (TPSA) is 69.4 Å². The van der Waals surface area contributed by atoms with Crippen molar-refractivity contribution >= 4 is 11.7 Å². The van der Waals surface area contributed by atoms with Crippen LogP contribution in [0.25, 0.3) is 0 Å². The van der Waals surface area contributed by atoms with E-state index in [0.29, 0.717) is 5.56 Å². The van der Waals surface area contributed by atoms with Crippen LogP contribution in [0.4, 0.5) is 5.69 Å². The second-order valence-corrected chi connectivity index (χ2v) is 3.14. The number of carbonyl (C=O) groups is 1. The summed E-state index contributed by atoms with van der Waals surface area (Å²) in [5.41, 5.74) is 0.545. The Bertz CT molecular complexity index is 428. The lowest BCUT2D eigenvalue weighted by Gasteiger charge is -2.11. The molecule has 84 valence electrons. The minimum atomic E-state index is -0.556. The summed E-state index contributed by atoms with van der Waals surface area (Å²) in [6.45, 7) is 4.91. The van der Waals surface area contributed by atoms with Crippen molar-refractivity contribution in [3.05, 3.63) is 52.6 Å². The van der Waals surface area contributed by atoms with Gasteiger partial charge in [0, 0.05) is 18.2 Å². The van der Waals surface area contributed by atoms with Crippen LogP contribution in [-0.2, 0) is 9.53 Å². The number of nitro groups is 1. The number of hydrogen-bond acceptors (Lipinski definition) is 4. The van der Waals surface area contributed by atoms with Crippen molar-refractivity contribution in [3.8, 4) is 0 Å². The van der Waals surface area contributed by atoms with Crippen molar-refractivity contribution in [1.29, 1.82) is 0 Å². The number of esters is 1. The zero-order chi connectivity index (χ0) is 12.1. The highest BCUT2D eigenvalue weighted by atomic mass is 16.6. The molecule has 0 amide bonds. The van der Waals surface area contributed by atoms with Crippen LogP contribution in [0.5, 0.6) is 0 Å². The predicted octanol–water partition coefficient (Wildman–Crippen LogP) is 2.39. The Balaban J connectivity index is 2.87. The number of rotatable bonds is 4. The van der Waals surface area contributed by atoms with Gasteiger partial charge in [0.1, 0.15) is 6.10 Å². The van der Waals surface area contributed by atoms with Gasteiger partial charge in [-0.2, -0.15) is 0 Å². The first-order chi connectivity index (χ1) is 7.54. The fraction of sp³-hybridized carbons (Fsp3) is 0.182. The van der Waals surface area contributed by atoms with E-state index in [2.05, 4.69) is 6.58 Å². The van der Waals surface area contributed by atoms with E-state index >= 15 is 0 Å². The molecule has 0 aliphatic carbocycles. The monoisotopic (exact) mass is 221 g/mol. The largest absolute Gasteiger partial charge is 0.455 e. The second kappa shape index (κ2) is 5.06. The molecular formula is C11H11NO4. The lowest BCUT2D eigenvalue weighted by molar-refractivity contribution is -0.385. The molecule has 0 radical (unpaired) electrons. The van der Waals surface area contributed by atoms with E-state index in [0.717, 1.165) is 6.08 Å². The Kier molecular flexibility index (Phi) is 3.77. The fourth-order valence-corrected chi connectivity index (χ4v) is 1.18. The van der Waals surface area contributed by atoms with Crippen molar-refractivity contribution in [1.82, 2.24) is 0 Å². The number of hydrogen-bond donors (Lipinski definition) is 0. The van der Waals surface area contributed by atoms with E-state index in [4.69, 9.17) is 4.74 Å². The standard InChI is InChI=1S/C11H11NO4/c1-3-11(13)16-8(2)9-5-4-6-10(7-9)12(14)15/h3-8H,1H2,2H3. The third-order valence-corrected chi connectivity index (χ3v) is 2.01. The Morgan fingerprint density at radius 2 is 2.31 bits per heavy atom. The highest BCUT2D eigenvalue weighted by Crippen LogP contribution is 2.21. The van der Waals surface area contributed by atoms with Gasteiger partial charge < -0.3 is 4.74 Å². The quantitative estimate of drug-likeness (QED) is 0.339. The molecule has 0 saturated heterocycles. The van der Waals surface area contributed by atoms with Gasteiger partial charge in [-0.3, -0.25) is 10.1 Å². The number of ether oxygens (including phenoxy) is 1. The predicted molar refractivity (Wildman–Crippen MR) is 57.8 cm³/mol. The van der Waals surface area contributed by atoms with Gasteiger partial charge in [0.25, 0.3) is 5.69 Å². The maximum absolute atomic E-state index is 10.9. The number of non-ortho nitro benzene ring substituents is 1. The van der Waals surface area contributed by atoms with E-state index in [-0.39, 0.29) is 5.69 Å². The SMILES string of the molecule is C=CC(=O)OC(C)c1cccc([N+](=O)[O-])c1. The maximum atomic E-state index is 10.9. The van der Waals surface area contributed by atoms with Crippen LogP contribution in [-0.4, -0.2) is 10.9 Å². The van der Waals surface area contributed by atoms with E-state index < -0.39 is 17.0 Å². The smallest absolute Gasteiger partial charge is 0.330 e. The molecule has 1 atom stereocenters. The zero-order valence-corrected chi connectivity index (χ0v) is 8.75. The zero-order valence-electron chi connectivity index (χ0n) is 8.75. The van der Waals surface area contributed by atoms with Crippen LogP contribution in [0.3, 0.4) is 0 Å². The molecule has 5 heteroatoms. The average Bonchev–Trinajstić information content (AvgIpc) is 2.28. The molecule has 0 spiro atoms. The lowest BCUT2D eigenvalue weighted by atomic mass is 10.1. The molecule has 1 rings (SSSR count). The Morgan fingerprint density at radius 1 is 1.62 bits per heavy atom. The number of benzene rings is 1. The summed E-state index contributed by atoms with van der Waals surface area (Å²) >= 11 is 0. The summed E-state index contributed by atoms with van der Waals surface area (Å²) in [7, 11) is 0. The van der Waals surface area contributed by atoms with Crippen LogP contribution >= 0.6 is 0 Å². The summed E-state index contributed by atoms with van der Waals surface area (Å²) < 4.78 is 4.94. The molecule has 0 fully saturated rings. The van der Waals surface area contributed by atoms with Gasteiger partial charge in [0.15, 0.2) is 0 Å². The number of nitrogens with zero attached hydrogens (tertiary/aromatic N) is 1. The average molecular weight is 221 g/mol. The lowest BCUT2D eigenvalue weighted by Crippen LogP contribution is -2.06. The van der Waals surface area contributed by atoms with Crippen molar-refractivity contribution in [2.45, 2.75) is 13.0 Å². The highest BCUT2D eigenvalue weighted by molar-refractivity contribution is 5.81. The minimum absolute atomic E-state index is 0.0287. The van der Waals surface area contributed by atoms with Crippen molar-refractivity contribution in [2.75, 3.05) is 0 Å². The first-order valence-electron chi connectivity index (χ1n) is 4.62. The molecule has 16 heavy (non-hydrogen) atoms.